The van der Waals surface area contributed by atoms with Crippen molar-refractivity contribution in [1.29, 1.82) is 0 Å². The van der Waals surface area contributed by atoms with Gasteiger partial charge < -0.3 is 18.9 Å². The average Bonchev–Trinajstić information content (AvgIpc) is 3.21. The van der Waals surface area contributed by atoms with E-state index in [0.717, 1.165) is 24.2 Å². The molecule has 0 saturated heterocycles. The highest BCUT2D eigenvalue weighted by Crippen LogP contribution is 2.66. The summed E-state index contributed by atoms with van der Waals surface area (Å²) in [5, 5.41) is 0. The summed E-state index contributed by atoms with van der Waals surface area (Å²) < 4.78 is 21.1. The van der Waals surface area contributed by atoms with E-state index in [0.29, 0.717) is 30.1 Å². The van der Waals surface area contributed by atoms with Gasteiger partial charge in [-0.2, -0.15) is 0 Å². The lowest BCUT2D eigenvalue weighted by atomic mass is 9.49. The molecular formula is C31H48O6. The summed E-state index contributed by atoms with van der Waals surface area (Å²) >= 11 is 0. The molecule has 0 aromatic carbocycles. The van der Waals surface area contributed by atoms with E-state index in [1.165, 1.54) is 58.3 Å². The summed E-state index contributed by atoms with van der Waals surface area (Å²) in [4.78, 5) is 24.2. The molecule has 0 N–H and O–H groups in total. The monoisotopic (exact) mass is 516 g/mol. The number of ether oxygens (including phenoxy) is 4. The quantitative estimate of drug-likeness (QED) is 0.321. The molecule has 3 saturated carbocycles. The molecule has 0 heterocycles. The molecule has 4 aliphatic rings. The van der Waals surface area contributed by atoms with Crippen LogP contribution in [0.2, 0.25) is 0 Å². The molecule has 0 aromatic heterocycles. The zero-order valence-electron chi connectivity index (χ0n) is 24.0. The maximum absolute atomic E-state index is 12.3. The Hall–Kier alpha value is -1.98. The number of carbonyl (C=O) groups is 2. The zero-order valence-corrected chi connectivity index (χ0v) is 24.0. The molecule has 0 radical (unpaired) electrons. The molecule has 0 bridgehead atoms. The third-order valence-corrected chi connectivity index (χ3v) is 10.6. The molecule has 6 nitrogen and oxygen atoms in total. The highest BCUT2D eigenvalue weighted by molar-refractivity contribution is 5.61. The van der Waals surface area contributed by atoms with Gasteiger partial charge in [0.2, 0.25) is 0 Å². The van der Waals surface area contributed by atoms with Crippen molar-refractivity contribution >= 4 is 12.3 Å². The van der Waals surface area contributed by atoms with Gasteiger partial charge in [-0.3, -0.25) is 0 Å². The van der Waals surface area contributed by atoms with Crippen LogP contribution in [0.3, 0.4) is 0 Å². The molecule has 0 aromatic rings. The van der Waals surface area contributed by atoms with Crippen LogP contribution >= 0.6 is 0 Å². The van der Waals surface area contributed by atoms with Crippen molar-refractivity contribution in [2.75, 3.05) is 14.2 Å². The molecule has 8 atom stereocenters. The van der Waals surface area contributed by atoms with Crippen LogP contribution in [0.1, 0.15) is 92.4 Å². The minimum absolute atomic E-state index is 0.314. The van der Waals surface area contributed by atoms with Crippen LogP contribution in [0.25, 0.3) is 0 Å². The average molecular weight is 517 g/mol. The van der Waals surface area contributed by atoms with Gasteiger partial charge in [0, 0.05) is 18.3 Å². The number of methoxy groups -OCH3 is 2. The van der Waals surface area contributed by atoms with Crippen LogP contribution in [-0.2, 0) is 18.9 Å². The smallest absolute Gasteiger partial charge is 0.438 e. The van der Waals surface area contributed by atoms with Crippen molar-refractivity contribution in [3.05, 3.63) is 23.3 Å². The van der Waals surface area contributed by atoms with E-state index in [2.05, 4.69) is 46.8 Å². The van der Waals surface area contributed by atoms with Crippen molar-refractivity contribution in [3.63, 3.8) is 0 Å². The van der Waals surface area contributed by atoms with Gasteiger partial charge in [-0.05, 0) is 60.7 Å². The Morgan fingerprint density at radius 3 is 2.32 bits per heavy atom. The molecule has 0 spiro atoms. The Labute approximate surface area is 223 Å². The first kappa shape index (κ1) is 28.0. The molecule has 0 amide bonds. The van der Waals surface area contributed by atoms with Crippen molar-refractivity contribution in [2.45, 2.75) is 105 Å². The molecular weight excluding hydrogens is 468 g/mol. The maximum atomic E-state index is 12.3. The van der Waals surface area contributed by atoms with Crippen LogP contribution in [-0.4, -0.2) is 38.7 Å². The SMILES string of the molecule is COC(=O)O[C@@H]1CC2=CC=C3[C@@H]4CC[C@H]([C@H](C)CCCC(C)C)[C@@]4(C)CC[C@@H]3[C@@]2(C)[C@@H](OC(=O)OC)C1. The van der Waals surface area contributed by atoms with E-state index < -0.39 is 24.5 Å². The zero-order chi connectivity index (χ0) is 27.0. The van der Waals surface area contributed by atoms with Gasteiger partial charge in [-0.1, -0.05) is 77.2 Å². The third-order valence-electron chi connectivity index (χ3n) is 10.6. The lowest BCUT2D eigenvalue weighted by Gasteiger charge is -2.57. The first-order valence-electron chi connectivity index (χ1n) is 14.4. The summed E-state index contributed by atoms with van der Waals surface area (Å²) in [6.45, 7) is 11.9. The van der Waals surface area contributed by atoms with Crippen molar-refractivity contribution < 1.29 is 28.5 Å². The molecule has 4 rings (SSSR count). The first-order chi connectivity index (χ1) is 17.5. The second-order valence-electron chi connectivity index (χ2n) is 13.0. The Kier molecular flexibility index (Phi) is 8.35. The number of hydrogen-bond donors (Lipinski definition) is 0. The normalized spacial score (nSPS) is 37.4. The molecule has 6 heteroatoms. The van der Waals surface area contributed by atoms with Gasteiger partial charge in [0.15, 0.2) is 0 Å². The van der Waals surface area contributed by atoms with Crippen LogP contribution in [0.15, 0.2) is 23.3 Å². The fourth-order valence-corrected chi connectivity index (χ4v) is 8.64. The standard InChI is InChI=1S/C31H48O6/c1-19(2)9-8-10-20(3)24-13-14-25-23-12-11-21-17-22(36-28(32)34-6)18-27(37-29(33)35-7)31(21,5)26(23)15-16-30(24,25)4/h11-12,19-20,22,24-27H,8-10,13-18H2,1-7H3/t20-,22-,24-,25+,26+,27+,30-,31+/m1/s1. The van der Waals surface area contributed by atoms with Crippen molar-refractivity contribution in [2.24, 2.45) is 40.4 Å². The van der Waals surface area contributed by atoms with Gasteiger partial charge in [-0.15, -0.1) is 0 Å². The summed E-state index contributed by atoms with van der Waals surface area (Å²) in [5.74, 6) is 3.17. The topological polar surface area (TPSA) is 71.1 Å². The van der Waals surface area contributed by atoms with Gasteiger partial charge in [0.25, 0.3) is 0 Å². The first-order valence-corrected chi connectivity index (χ1v) is 14.4. The maximum Gasteiger partial charge on any atom is 0.508 e. The van der Waals surface area contributed by atoms with Gasteiger partial charge in [0.1, 0.15) is 12.2 Å². The molecule has 3 fully saturated rings. The van der Waals surface area contributed by atoms with Gasteiger partial charge >= 0.3 is 12.3 Å². The highest BCUT2D eigenvalue weighted by Gasteiger charge is 2.60. The van der Waals surface area contributed by atoms with Crippen LogP contribution < -0.4 is 0 Å². The Morgan fingerprint density at radius 2 is 1.65 bits per heavy atom. The second kappa shape index (κ2) is 11.0. The van der Waals surface area contributed by atoms with E-state index in [-0.39, 0.29) is 5.41 Å². The molecule has 4 aliphatic carbocycles. The van der Waals surface area contributed by atoms with E-state index >= 15 is 0 Å². The summed E-state index contributed by atoms with van der Waals surface area (Å²) in [6.07, 6.45) is 12.3. The molecule has 0 aliphatic heterocycles. The van der Waals surface area contributed by atoms with Crippen LogP contribution in [0.5, 0.6) is 0 Å². The number of fused-ring (bicyclic) bond motifs is 5. The number of allylic oxidation sites excluding steroid dienone is 3. The van der Waals surface area contributed by atoms with Gasteiger partial charge in [-0.25, -0.2) is 9.59 Å². The second-order valence-corrected chi connectivity index (χ2v) is 13.0. The Morgan fingerprint density at radius 1 is 0.946 bits per heavy atom. The van der Waals surface area contributed by atoms with E-state index in [9.17, 15) is 9.59 Å². The summed E-state index contributed by atoms with van der Waals surface area (Å²) in [7, 11) is 2.65. The third kappa shape index (κ3) is 5.18. The highest BCUT2D eigenvalue weighted by atomic mass is 16.7. The number of rotatable bonds is 7. The fraction of sp³-hybridized carbons (Fsp3) is 0.806. The van der Waals surface area contributed by atoms with Crippen LogP contribution in [0, 0.1) is 40.4 Å². The minimum atomic E-state index is -0.703. The van der Waals surface area contributed by atoms with E-state index in [1.54, 1.807) is 5.57 Å². The lowest BCUT2D eigenvalue weighted by molar-refractivity contribution is -0.0831. The van der Waals surface area contributed by atoms with Crippen molar-refractivity contribution in [3.8, 4) is 0 Å². The summed E-state index contributed by atoms with van der Waals surface area (Å²) in [5.41, 5.74) is 2.72. The van der Waals surface area contributed by atoms with Crippen LogP contribution in [0.4, 0.5) is 9.59 Å². The lowest BCUT2D eigenvalue weighted by Crippen LogP contribution is -2.54. The number of carbonyl (C=O) groups excluding carboxylic acids is 2. The minimum Gasteiger partial charge on any atom is -0.438 e. The fourth-order valence-electron chi connectivity index (χ4n) is 8.64. The number of hydrogen-bond acceptors (Lipinski definition) is 6. The van der Waals surface area contributed by atoms with E-state index in [1.807, 2.05) is 0 Å². The predicted octanol–water partition coefficient (Wildman–Crippen LogP) is 7.86. The Bertz CT molecular complexity index is 921. The van der Waals surface area contributed by atoms with Gasteiger partial charge in [0.05, 0.1) is 14.2 Å². The summed E-state index contributed by atoms with van der Waals surface area (Å²) in [6, 6.07) is 0. The molecule has 37 heavy (non-hydrogen) atoms. The van der Waals surface area contributed by atoms with Crippen molar-refractivity contribution in [1.82, 2.24) is 0 Å². The predicted molar refractivity (Wildman–Crippen MR) is 143 cm³/mol. The largest absolute Gasteiger partial charge is 0.508 e. The Balaban J connectivity index is 1.59. The molecule has 208 valence electrons. The van der Waals surface area contributed by atoms with E-state index in [4.69, 9.17) is 18.9 Å². The molecule has 0 unspecified atom stereocenters.